The Morgan fingerprint density at radius 3 is 1.36 bits per heavy atom. The summed E-state index contributed by atoms with van der Waals surface area (Å²) < 4.78 is 2.35. The fourth-order valence-corrected chi connectivity index (χ4v) is 8.19. The molecule has 3 aromatic heterocycles. The summed E-state index contributed by atoms with van der Waals surface area (Å²) in [5, 5.41) is 3.49. The highest BCUT2D eigenvalue weighted by Gasteiger charge is 2.21. The number of pyridine rings is 1. The predicted molar refractivity (Wildman–Crippen MR) is 242 cm³/mol. The van der Waals surface area contributed by atoms with Crippen LogP contribution in [0.4, 0.5) is 0 Å². The van der Waals surface area contributed by atoms with E-state index in [9.17, 15) is 0 Å². The smallest absolute Gasteiger partial charge is 0.164 e. The average Bonchev–Trinajstić information content (AvgIpc) is 3.68. The maximum Gasteiger partial charge on any atom is 0.164 e. The number of rotatable bonds is 7. The van der Waals surface area contributed by atoms with Gasteiger partial charge >= 0.3 is 0 Å². The van der Waals surface area contributed by atoms with Crippen molar-refractivity contribution in [3.05, 3.63) is 212 Å². The van der Waals surface area contributed by atoms with Crippen molar-refractivity contribution in [3.63, 3.8) is 0 Å². The number of aromatic nitrogens is 5. The van der Waals surface area contributed by atoms with Gasteiger partial charge in [0.25, 0.3) is 0 Å². The van der Waals surface area contributed by atoms with Gasteiger partial charge in [-0.25, -0.2) is 19.9 Å². The Balaban J connectivity index is 1.10. The van der Waals surface area contributed by atoms with Crippen molar-refractivity contribution in [2.45, 2.75) is 0 Å². The van der Waals surface area contributed by atoms with Crippen LogP contribution in [-0.2, 0) is 0 Å². The van der Waals surface area contributed by atoms with Gasteiger partial charge in [0.1, 0.15) is 0 Å². The van der Waals surface area contributed by atoms with Gasteiger partial charge in [-0.2, -0.15) is 0 Å². The van der Waals surface area contributed by atoms with E-state index in [1.54, 1.807) is 0 Å². The van der Waals surface area contributed by atoms with E-state index in [0.29, 0.717) is 17.5 Å². The number of hydrogen-bond acceptors (Lipinski definition) is 4. The predicted octanol–water partition coefficient (Wildman–Crippen LogP) is 13.5. The average molecular weight is 754 g/mol. The monoisotopic (exact) mass is 753 g/mol. The molecule has 0 saturated carbocycles. The highest BCUT2D eigenvalue weighted by atomic mass is 15.0. The zero-order chi connectivity index (χ0) is 39.1. The molecule has 0 unspecified atom stereocenters. The zero-order valence-corrected chi connectivity index (χ0v) is 31.9. The van der Waals surface area contributed by atoms with Crippen LogP contribution in [0.15, 0.2) is 212 Å². The summed E-state index contributed by atoms with van der Waals surface area (Å²) in [5.41, 5.74) is 13.4. The van der Waals surface area contributed by atoms with E-state index >= 15 is 0 Å². The molecule has 0 aliphatic heterocycles. The molecular formula is C54H35N5. The summed E-state index contributed by atoms with van der Waals surface area (Å²) in [5.74, 6) is 1.81. The summed E-state index contributed by atoms with van der Waals surface area (Å²) in [4.78, 5) is 20.8. The molecule has 0 atom stereocenters. The fraction of sp³-hybridized carbons (Fsp3) is 0. The normalized spacial score (nSPS) is 11.4. The van der Waals surface area contributed by atoms with Crippen molar-refractivity contribution in [3.8, 4) is 73.4 Å². The van der Waals surface area contributed by atoms with E-state index in [0.717, 1.165) is 77.8 Å². The van der Waals surface area contributed by atoms with Crippen LogP contribution in [0.25, 0.3) is 106 Å². The van der Waals surface area contributed by atoms with E-state index < -0.39 is 0 Å². The van der Waals surface area contributed by atoms with Gasteiger partial charge in [0.15, 0.2) is 17.5 Å². The fourth-order valence-electron chi connectivity index (χ4n) is 8.19. The molecule has 0 bridgehead atoms. The first-order chi connectivity index (χ1) is 29.2. The van der Waals surface area contributed by atoms with E-state index in [-0.39, 0.29) is 0 Å². The van der Waals surface area contributed by atoms with Crippen LogP contribution < -0.4 is 0 Å². The van der Waals surface area contributed by atoms with Crippen LogP contribution in [0.1, 0.15) is 0 Å². The molecule has 11 aromatic rings. The molecule has 0 saturated heterocycles. The van der Waals surface area contributed by atoms with Crippen LogP contribution in [0.5, 0.6) is 0 Å². The first-order valence-corrected chi connectivity index (χ1v) is 19.8. The second-order valence-corrected chi connectivity index (χ2v) is 14.7. The lowest BCUT2D eigenvalue weighted by molar-refractivity contribution is 1.07. The third-order valence-corrected chi connectivity index (χ3v) is 11.0. The number of para-hydroxylation sites is 3. The number of hydrogen-bond donors (Lipinski definition) is 0. The molecule has 0 radical (unpaired) electrons. The van der Waals surface area contributed by atoms with Gasteiger partial charge in [-0.15, -0.1) is 0 Å². The molecule has 3 heterocycles. The molecule has 0 spiro atoms. The van der Waals surface area contributed by atoms with E-state index in [4.69, 9.17) is 19.9 Å². The Hall–Kier alpha value is -8.02. The lowest BCUT2D eigenvalue weighted by atomic mass is 10.0. The van der Waals surface area contributed by atoms with Gasteiger partial charge in [-0.3, -0.25) is 0 Å². The molecule has 5 nitrogen and oxygen atoms in total. The standard InChI is InChI=1S/C54H35N5/c1-4-15-36(16-5-1)38-27-31-40(32-28-38)52-56-53(41-33-29-39(30-34-41)37-17-6-2-7-18-37)58-54(57-52)43-20-14-19-42(35-43)50-51-49(45-23-10-12-25-47(45)55-50)46-24-11-13-26-48(46)59(51)44-21-8-3-9-22-44/h1-35H. The number of nitrogens with zero attached hydrogens (tertiary/aromatic N) is 5. The maximum atomic E-state index is 5.41. The molecular weight excluding hydrogens is 719 g/mol. The van der Waals surface area contributed by atoms with E-state index in [1.807, 2.05) is 12.1 Å². The Bertz CT molecular complexity index is 3180. The summed E-state index contributed by atoms with van der Waals surface area (Å²) in [6.07, 6.45) is 0. The Kier molecular flexibility index (Phi) is 8.41. The van der Waals surface area contributed by atoms with Gasteiger partial charge < -0.3 is 4.57 Å². The molecule has 0 N–H and O–H groups in total. The lowest BCUT2D eigenvalue weighted by Gasteiger charge is -2.14. The first kappa shape index (κ1) is 34.2. The summed E-state index contributed by atoms with van der Waals surface area (Å²) in [7, 11) is 0. The minimum absolute atomic E-state index is 0.590. The molecule has 276 valence electrons. The van der Waals surface area contributed by atoms with Crippen LogP contribution >= 0.6 is 0 Å². The summed E-state index contributed by atoms with van der Waals surface area (Å²) >= 11 is 0. The maximum absolute atomic E-state index is 5.41. The highest BCUT2D eigenvalue weighted by Crippen LogP contribution is 2.41. The van der Waals surface area contributed by atoms with Gasteiger partial charge in [-0.1, -0.05) is 182 Å². The first-order valence-electron chi connectivity index (χ1n) is 19.8. The minimum atomic E-state index is 0.590. The molecule has 8 aromatic carbocycles. The molecule has 11 rings (SSSR count). The van der Waals surface area contributed by atoms with Crippen LogP contribution in [0, 0.1) is 0 Å². The Labute approximate surface area is 341 Å². The summed E-state index contributed by atoms with van der Waals surface area (Å²) in [6.45, 7) is 0. The van der Waals surface area contributed by atoms with Gasteiger partial charge in [-0.05, 0) is 52.6 Å². The van der Waals surface area contributed by atoms with Crippen LogP contribution in [0.3, 0.4) is 0 Å². The second kappa shape index (κ2) is 14.5. The van der Waals surface area contributed by atoms with Gasteiger partial charge in [0.05, 0.1) is 22.2 Å². The Morgan fingerprint density at radius 2 is 0.746 bits per heavy atom. The number of fused-ring (bicyclic) bond motifs is 5. The van der Waals surface area contributed by atoms with Crippen molar-refractivity contribution in [1.82, 2.24) is 24.5 Å². The van der Waals surface area contributed by atoms with Crippen molar-refractivity contribution in [1.29, 1.82) is 0 Å². The molecule has 0 amide bonds. The molecule has 5 heteroatoms. The van der Waals surface area contributed by atoms with Crippen molar-refractivity contribution >= 4 is 32.7 Å². The molecule has 0 aliphatic rings. The van der Waals surface area contributed by atoms with Crippen LogP contribution in [0.2, 0.25) is 0 Å². The van der Waals surface area contributed by atoms with Gasteiger partial charge in [0, 0.05) is 44.1 Å². The Morgan fingerprint density at radius 1 is 0.305 bits per heavy atom. The molecule has 59 heavy (non-hydrogen) atoms. The highest BCUT2D eigenvalue weighted by molar-refractivity contribution is 6.23. The van der Waals surface area contributed by atoms with Crippen molar-refractivity contribution in [2.75, 3.05) is 0 Å². The molecule has 0 fully saturated rings. The van der Waals surface area contributed by atoms with Crippen molar-refractivity contribution in [2.24, 2.45) is 0 Å². The zero-order valence-electron chi connectivity index (χ0n) is 31.9. The lowest BCUT2D eigenvalue weighted by Crippen LogP contribution is -2.01. The quantitative estimate of drug-likeness (QED) is 0.163. The van der Waals surface area contributed by atoms with Crippen molar-refractivity contribution < 1.29 is 0 Å². The van der Waals surface area contributed by atoms with E-state index in [2.05, 4.69) is 205 Å². The van der Waals surface area contributed by atoms with Gasteiger partial charge in [0.2, 0.25) is 0 Å². The third-order valence-electron chi connectivity index (χ3n) is 11.0. The van der Waals surface area contributed by atoms with Crippen LogP contribution in [-0.4, -0.2) is 24.5 Å². The largest absolute Gasteiger partial charge is 0.307 e. The topological polar surface area (TPSA) is 56.5 Å². The minimum Gasteiger partial charge on any atom is -0.307 e. The third kappa shape index (κ3) is 6.22. The number of benzene rings is 8. The summed E-state index contributed by atoms with van der Waals surface area (Å²) in [6, 6.07) is 73.8. The van der Waals surface area contributed by atoms with E-state index in [1.165, 1.54) is 10.8 Å². The SMILES string of the molecule is c1ccc(-c2ccc(-c3nc(-c4ccc(-c5ccccc5)cc4)nc(-c4cccc(-c5nc6ccccc6c6c7ccccc7n(-c7ccccc7)c56)c4)n3)cc2)cc1. The second-order valence-electron chi connectivity index (χ2n) is 14.7. The molecule has 0 aliphatic carbocycles.